The molecule has 1 aliphatic heterocycles. The molecule has 0 bridgehead atoms. The van der Waals surface area contributed by atoms with E-state index in [0.717, 1.165) is 17.4 Å². The van der Waals surface area contributed by atoms with Gasteiger partial charge in [0.25, 0.3) is 0 Å². The quantitative estimate of drug-likeness (QED) is 0.837. The van der Waals surface area contributed by atoms with Crippen molar-refractivity contribution >= 4 is 22.6 Å². The van der Waals surface area contributed by atoms with Crippen molar-refractivity contribution in [3.8, 4) is 0 Å². The molecule has 2 aromatic rings. The van der Waals surface area contributed by atoms with Gasteiger partial charge in [-0.15, -0.1) is 0 Å². The smallest absolute Gasteiger partial charge is 0.242 e. The number of nitrogens with one attached hydrogen (secondary N) is 1. The number of fused-ring (bicyclic) bond motifs is 1. The molecule has 0 spiro atoms. The van der Waals surface area contributed by atoms with Gasteiger partial charge in [-0.1, -0.05) is 12.1 Å². The summed E-state index contributed by atoms with van der Waals surface area (Å²) in [5, 5.41) is 4.01. The highest BCUT2D eigenvalue weighted by molar-refractivity contribution is 5.88. The summed E-state index contributed by atoms with van der Waals surface area (Å²) in [4.78, 5) is 23.1. The summed E-state index contributed by atoms with van der Waals surface area (Å²) < 4.78 is 5.36. The van der Waals surface area contributed by atoms with Crippen LogP contribution in [0.25, 0.3) is 10.9 Å². The summed E-state index contributed by atoms with van der Waals surface area (Å²) in [5.41, 5.74) is 6.80. The van der Waals surface area contributed by atoms with E-state index in [9.17, 15) is 4.79 Å². The molecule has 1 aliphatic rings. The zero-order valence-electron chi connectivity index (χ0n) is 13.2. The van der Waals surface area contributed by atoms with Gasteiger partial charge >= 0.3 is 0 Å². The highest BCUT2D eigenvalue weighted by Crippen LogP contribution is 2.18. The average molecular weight is 315 g/mol. The van der Waals surface area contributed by atoms with Gasteiger partial charge in [0.05, 0.1) is 18.7 Å². The minimum absolute atomic E-state index is 0.0139. The number of aromatic nitrogens is 2. The average Bonchev–Trinajstić information content (AvgIpc) is 2.56. The lowest BCUT2D eigenvalue weighted by Crippen LogP contribution is -2.56. The van der Waals surface area contributed by atoms with Crippen molar-refractivity contribution in [3.05, 3.63) is 30.1 Å². The van der Waals surface area contributed by atoms with Gasteiger partial charge in [0.2, 0.25) is 5.91 Å². The maximum Gasteiger partial charge on any atom is 0.242 e. The molecule has 3 rings (SSSR count). The highest BCUT2D eigenvalue weighted by Gasteiger charge is 2.29. The Labute approximate surface area is 134 Å². The van der Waals surface area contributed by atoms with E-state index in [1.54, 1.807) is 4.90 Å². The Balaban J connectivity index is 1.77. The van der Waals surface area contributed by atoms with E-state index < -0.39 is 0 Å². The number of carbonyl (C=O) groups excluding carboxylic acids is 1. The number of rotatable bonds is 5. The third-order valence-electron chi connectivity index (χ3n) is 3.88. The van der Waals surface area contributed by atoms with Crippen LogP contribution in [0.1, 0.15) is 12.7 Å². The Morgan fingerprint density at radius 3 is 3.04 bits per heavy atom. The van der Waals surface area contributed by atoms with Gasteiger partial charge in [-0.05, 0) is 19.1 Å². The third-order valence-corrected chi connectivity index (χ3v) is 3.88. The first-order valence-electron chi connectivity index (χ1n) is 7.80. The molecule has 1 aromatic carbocycles. The number of nitrogens with zero attached hydrogens (tertiary/aromatic N) is 3. The number of anilines is 1. The molecule has 7 heteroatoms. The third kappa shape index (κ3) is 3.40. The molecule has 7 nitrogen and oxygen atoms in total. The molecular weight excluding hydrogens is 294 g/mol. The Hall–Kier alpha value is -2.25. The number of hydrogen-bond acceptors (Lipinski definition) is 6. The fourth-order valence-corrected chi connectivity index (χ4v) is 2.71. The summed E-state index contributed by atoms with van der Waals surface area (Å²) in [5.74, 6) is 1.02. The van der Waals surface area contributed by atoms with Crippen molar-refractivity contribution in [2.75, 3.05) is 32.0 Å². The highest BCUT2D eigenvalue weighted by atomic mass is 16.5. The number of piperazine rings is 1. The molecule has 0 saturated carbocycles. The number of nitrogen functional groups attached to an aromatic ring is 1. The second kappa shape index (κ2) is 6.89. The van der Waals surface area contributed by atoms with Crippen LogP contribution in [0.4, 0.5) is 5.82 Å². The number of hydrogen-bond donors (Lipinski definition) is 2. The standard InChI is InChI=1S/C16H21N5O2/c1-2-23-10-13-16(22)21(8-7-18-13)9-14-19-12-6-4-3-5-11(12)15(17)20-14/h3-6,13,18H,2,7-10H2,1H3,(H2,17,19,20). The van der Waals surface area contributed by atoms with Crippen LogP contribution in [0, 0.1) is 0 Å². The molecule has 1 amide bonds. The number of carbonyl (C=O) groups is 1. The van der Waals surface area contributed by atoms with Gasteiger partial charge in [-0.25, -0.2) is 9.97 Å². The van der Waals surface area contributed by atoms with Crippen molar-refractivity contribution in [3.63, 3.8) is 0 Å². The van der Waals surface area contributed by atoms with Gasteiger partial charge in [-0.3, -0.25) is 4.79 Å². The van der Waals surface area contributed by atoms with E-state index in [4.69, 9.17) is 10.5 Å². The van der Waals surface area contributed by atoms with Gasteiger partial charge < -0.3 is 20.7 Å². The Bertz CT molecular complexity index is 706. The van der Waals surface area contributed by atoms with E-state index in [2.05, 4.69) is 15.3 Å². The van der Waals surface area contributed by atoms with Crippen molar-refractivity contribution in [2.45, 2.75) is 19.5 Å². The predicted octanol–water partition coefficient (Wildman–Crippen LogP) is 0.549. The number of para-hydroxylation sites is 1. The normalized spacial score (nSPS) is 18.6. The molecule has 1 aromatic heterocycles. The molecule has 23 heavy (non-hydrogen) atoms. The number of benzene rings is 1. The lowest BCUT2D eigenvalue weighted by Gasteiger charge is -2.32. The zero-order chi connectivity index (χ0) is 16.2. The number of nitrogens with two attached hydrogens (primary N) is 1. The van der Waals surface area contributed by atoms with Crippen LogP contribution in [0.15, 0.2) is 24.3 Å². The summed E-state index contributed by atoms with van der Waals surface area (Å²) in [7, 11) is 0. The predicted molar refractivity (Wildman–Crippen MR) is 87.7 cm³/mol. The molecule has 122 valence electrons. The molecule has 2 heterocycles. The van der Waals surface area contributed by atoms with Crippen LogP contribution in [0.5, 0.6) is 0 Å². The van der Waals surface area contributed by atoms with E-state index in [0.29, 0.717) is 37.9 Å². The van der Waals surface area contributed by atoms with Crippen molar-refractivity contribution < 1.29 is 9.53 Å². The van der Waals surface area contributed by atoms with Crippen LogP contribution in [-0.4, -0.2) is 53.1 Å². The van der Waals surface area contributed by atoms with E-state index in [1.165, 1.54) is 0 Å². The maximum absolute atomic E-state index is 12.5. The second-order valence-electron chi connectivity index (χ2n) is 5.47. The first kappa shape index (κ1) is 15.6. The summed E-state index contributed by atoms with van der Waals surface area (Å²) in [6, 6.07) is 7.30. The van der Waals surface area contributed by atoms with E-state index in [1.807, 2.05) is 31.2 Å². The second-order valence-corrected chi connectivity index (χ2v) is 5.47. The summed E-state index contributed by atoms with van der Waals surface area (Å²) in [6.07, 6.45) is 0. The topological polar surface area (TPSA) is 93.4 Å². The van der Waals surface area contributed by atoms with Crippen LogP contribution < -0.4 is 11.1 Å². The SMILES string of the molecule is CCOCC1NCCN(Cc2nc(N)c3ccccc3n2)C1=O. The molecule has 3 N–H and O–H groups in total. The first-order chi connectivity index (χ1) is 11.2. The molecule has 1 saturated heterocycles. The van der Waals surface area contributed by atoms with E-state index in [-0.39, 0.29) is 11.9 Å². The minimum atomic E-state index is -0.304. The van der Waals surface area contributed by atoms with Crippen molar-refractivity contribution in [1.82, 2.24) is 20.2 Å². The first-order valence-corrected chi connectivity index (χ1v) is 7.80. The Morgan fingerprint density at radius 1 is 1.39 bits per heavy atom. The molecule has 1 unspecified atom stereocenters. The Morgan fingerprint density at radius 2 is 2.22 bits per heavy atom. The molecular formula is C16H21N5O2. The molecule has 1 fully saturated rings. The number of ether oxygens (including phenoxy) is 1. The molecule has 1 atom stereocenters. The van der Waals surface area contributed by atoms with Crippen LogP contribution >= 0.6 is 0 Å². The summed E-state index contributed by atoms with van der Waals surface area (Å²) >= 11 is 0. The molecule has 0 aliphatic carbocycles. The Kier molecular flexibility index (Phi) is 4.68. The van der Waals surface area contributed by atoms with Gasteiger partial charge in [0.1, 0.15) is 11.9 Å². The summed E-state index contributed by atoms with van der Waals surface area (Å²) in [6.45, 7) is 4.60. The fourth-order valence-electron chi connectivity index (χ4n) is 2.71. The van der Waals surface area contributed by atoms with Crippen molar-refractivity contribution in [1.29, 1.82) is 0 Å². The van der Waals surface area contributed by atoms with Crippen LogP contribution in [0.2, 0.25) is 0 Å². The maximum atomic E-state index is 12.5. The monoisotopic (exact) mass is 315 g/mol. The molecule has 0 radical (unpaired) electrons. The lowest BCUT2D eigenvalue weighted by molar-refractivity contribution is -0.138. The lowest BCUT2D eigenvalue weighted by atomic mass is 10.2. The van der Waals surface area contributed by atoms with Gasteiger partial charge in [0, 0.05) is 25.1 Å². The van der Waals surface area contributed by atoms with Gasteiger partial charge in [-0.2, -0.15) is 0 Å². The van der Waals surface area contributed by atoms with Crippen LogP contribution in [0.3, 0.4) is 0 Å². The van der Waals surface area contributed by atoms with E-state index >= 15 is 0 Å². The number of amides is 1. The zero-order valence-corrected chi connectivity index (χ0v) is 13.2. The van der Waals surface area contributed by atoms with Gasteiger partial charge in [0.15, 0.2) is 5.82 Å². The van der Waals surface area contributed by atoms with Crippen molar-refractivity contribution in [2.24, 2.45) is 0 Å². The fraction of sp³-hybridized carbons (Fsp3) is 0.438. The minimum Gasteiger partial charge on any atom is -0.383 e. The largest absolute Gasteiger partial charge is 0.383 e. The van der Waals surface area contributed by atoms with Crippen LogP contribution in [-0.2, 0) is 16.1 Å².